The van der Waals surface area contributed by atoms with E-state index in [4.69, 9.17) is 4.74 Å². The number of sulfonamides is 1. The molecule has 11 heteroatoms. The second-order valence-corrected chi connectivity index (χ2v) is 9.62. The zero-order valence-corrected chi connectivity index (χ0v) is 19.3. The smallest absolute Gasteiger partial charge is 0.309 e. The highest BCUT2D eigenvalue weighted by molar-refractivity contribution is 7.89. The molecule has 2 amide bonds. The lowest BCUT2D eigenvalue weighted by atomic mass is 10.1. The third kappa shape index (κ3) is 5.53. The molecule has 10 nitrogen and oxygen atoms in total. The molecule has 174 valence electrons. The first kappa shape index (κ1) is 23.9. The van der Waals surface area contributed by atoms with Crippen LogP contribution in [0.15, 0.2) is 35.7 Å². The Morgan fingerprint density at radius 1 is 1.16 bits per heavy atom. The van der Waals surface area contributed by atoms with Gasteiger partial charge in [0.25, 0.3) is 0 Å². The van der Waals surface area contributed by atoms with Crippen molar-refractivity contribution in [2.45, 2.75) is 44.9 Å². The molecule has 0 radical (unpaired) electrons. The fourth-order valence-corrected chi connectivity index (χ4v) is 5.78. The maximum Gasteiger partial charge on any atom is 0.309 e. The predicted molar refractivity (Wildman–Crippen MR) is 117 cm³/mol. The monoisotopic (exact) mass is 463 g/mol. The summed E-state index contributed by atoms with van der Waals surface area (Å²) >= 11 is 0. The summed E-state index contributed by atoms with van der Waals surface area (Å²) in [7, 11) is -3.82. The summed E-state index contributed by atoms with van der Waals surface area (Å²) in [6, 6.07) is 3.65. The first-order valence-corrected chi connectivity index (χ1v) is 11.9. The molecule has 0 spiro atoms. The van der Waals surface area contributed by atoms with Gasteiger partial charge < -0.3 is 19.9 Å². The van der Waals surface area contributed by atoms with Gasteiger partial charge in [-0.2, -0.15) is 4.31 Å². The quantitative estimate of drug-likeness (QED) is 0.434. The van der Waals surface area contributed by atoms with Crippen molar-refractivity contribution in [3.8, 4) is 0 Å². The molecule has 1 saturated heterocycles. The third-order valence-corrected chi connectivity index (χ3v) is 7.39. The average Bonchev–Trinajstić information content (AvgIpc) is 3.40. The minimum atomic E-state index is -3.82. The fraction of sp³-hybridized carbons (Fsp3) is 0.476. The molecule has 1 aliphatic heterocycles. The molecule has 1 atom stereocenters. The number of benzene rings is 1. The van der Waals surface area contributed by atoms with Gasteiger partial charge in [-0.25, -0.2) is 13.4 Å². The molecule has 0 bridgehead atoms. The Hall–Kier alpha value is -2.76. The van der Waals surface area contributed by atoms with E-state index in [0.29, 0.717) is 30.6 Å². The first-order valence-electron chi connectivity index (χ1n) is 10.4. The Morgan fingerprint density at radius 3 is 2.50 bits per heavy atom. The normalized spacial score (nSPS) is 16.8. The SMILES string of the molecule is Cc1cc(C)c(S(=O)(=O)N2CCO[C@H]2CNC(=O)C(=O)NCCCn2ccnc2)c(C)c1. The molecule has 3 rings (SSSR count). The first-order chi connectivity index (χ1) is 15.2. The number of hydrogen-bond donors (Lipinski definition) is 2. The fourth-order valence-electron chi connectivity index (χ4n) is 3.86. The highest BCUT2D eigenvalue weighted by Gasteiger charge is 2.38. The van der Waals surface area contributed by atoms with Gasteiger partial charge in [0.05, 0.1) is 24.4 Å². The maximum absolute atomic E-state index is 13.3. The highest BCUT2D eigenvalue weighted by atomic mass is 32.2. The van der Waals surface area contributed by atoms with E-state index >= 15 is 0 Å². The predicted octanol–water partition coefficient (Wildman–Crippen LogP) is 0.478. The van der Waals surface area contributed by atoms with Gasteiger partial charge in [-0.3, -0.25) is 9.59 Å². The minimum absolute atomic E-state index is 0.121. The summed E-state index contributed by atoms with van der Waals surface area (Å²) in [6.07, 6.45) is 4.92. The maximum atomic E-state index is 13.3. The van der Waals surface area contributed by atoms with Crippen LogP contribution in [0.1, 0.15) is 23.1 Å². The van der Waals surface area contributed by atoms with E-state index in [1.54, 1.807) is 26.4 Å². The number of hydrogen-bond acceptors (Lipinski definition) is 6. The summed E-state index contributed by atoms with van der Waals surface area (Å²) in [6.45, 7) is 6.70. The lowest BCUT2D eigenvalue weighted by Crippen LogP contribution is -2.47. The molecule has 1 aromatic carbocycles. The molecule has 0 unspecified atom stereocenters. The van der Waals surface area contributed by atoms with Crippen LogP contribution in [0, 0.1) is 20.8 Å². The number of carbonyl (C=O) groups excluding carboxylic acids is 2. The molecular weight excluding hydrogens is 434 g/mol. The summed E-state index contributed by atoms with van der Waals surface area (Å²) < 4.78 is 35.2. The van der Waals surface area contributed by atoms with Crippen LogP contribution in [-0.2, 0) is 30.9 Å². The van der Waals surface area contributed by atoms with E-state index in [1.807, 2.05) is 29.8 Å². The average molecular weight is 464 g/mol. The van der Waals surface area contributed by atoms with Crippen molar-refractivity contribution in [1.82, 2.24) is 24.5 Å². The van der Waals surface area contributed by atoms with Crippen LogP contribution in [0.25, 0.3) is 0 Å². The molecule has 2 aromatic rings. The van der Waals surface area contributed by atoms with Gasteiger partial charge in [-0.15, -0.1) is 0 Å². The lowest BCUT2D eigenvalue weighted by molar-refractivity contribution is -0.139. The van der Waals surface area contributed by atoms with Crippen molar-refractivity contribution in [2.75, 3.05) is 26.2 Å². The van der Waals surface area contributed by atoms with Crippen molar-refractivity contribution < 1.29 is 22.7 Å². The third-order valence-electron chi connectivity index (χ3n) is 5.20. The number of ether oxygens (including phenoxy) is 1. The number of imidazole rings is 1. The molecule has 2 heterocycles. The molecule has 1 aliphatic rings. The van der Waals surface area contributed by atoms with E-state index in [1.165, 1.54) is 4.31 Å². The number of nitrogens with zero attached hydrogens (tertiary/aromatic N) is 3. The minimum Gasteiger partial charge on any atom is -0.359 e. The van der Waals surface area contributed by atoms with Gasteiger partial charge in [-0.05, 0) is 38.3 Å². The topological polar surface area (TPSA) is 123 Å². The van der Waals surface area contributed by atoms with E-state index in [-0.39, 0.29) is 24.6 Å². The number of amides is 2. The van der Waals surface area contributed by atoms with Crippen molar-refractivity contribution in [3.05, 3.63) is 47.5 Å². The Kier molecular flexibility index (Phi) is 7.64. The number of nitrogens with one attached hydrogen (secondary N) is 2. The van der Waals surface area contributed by atoms with Crippen LogP contribution >= 0.6 is 0 Å². The zero-order valence-electron chi connectivity index (χ0n) is 18.5. The largest absolute Gasteiger partial charge is 0.359 e. The van der Waals surface area contributed by atoms with E-state index in [2.05, 4.69) is 15.6 Å². The van der Waals surface area contributed by atoms with E-state index in [9.17, 15) is 18.0 Å². The summed E-state index contributed by atoms with van der Waals surface area (Å²) in [5.74, 6) is -1.60. The van der Waals surface area contributed by atoms with Crippen LogP contribution in [-0.4, -0.2) is 66.6 Å². The molecule has 0 saturated carbocycles. The molecule has 1 fully saturated rings. The van der Waals surface area contributed by atoms with Crippen molar-refractivity contribution in [1.29, 1.82) is 0 Å². The Morgan fingerprint density at radius 2 is 1.84 bits per heavy atom. The number of aromatic nitrogens is 2. The number of rotatable bonds is 8. The summed E-state index contributed by atoms with van der Waals surface area (Å²) in [4.78, 5) is 28.3. The number of carbonyl (C=O) groups is 2. The van der Waals surface area contributed by atoms with Crippen LogP contribution in [0.4, 0.5) is 0 Å². The Bertz CT molecular complexity index is 1050. The van der Waals surface area contributed by atoms with Crippen LogP contribution < -0.4 is 10.6 Å². The van der Waals surface area contributed by atoms with Gasteiger partial charge in [0.15, 0.2) is 0 Å². The number of aryl methyl sites for hydroxylation is 4. The highest BCUT2D eigenvalue weighted by Crippen LogP contribution is 2.28. The van der Waals surface area contributed by atoms with E-state index in [0.717, 1.165) is 5.56 Å². The van der Waals surface area contributed by atoms with Gasteiger partial charge in [0.2, 0.25) is 10.0 Å². The van der Waals surface area contributed by atoms with E-state index < -0.39 is 28.1 Å². The van der Waals surface area contributed by atoms with Crippen molar-refractivity contribution in [3.63, 3.8) is 0 Å². The van der Waals surface area contributed by atoms with Crippen LogP contribution in [0.2, 0.25) is 0 Å². The zero-order chi connectivity index (χ0) is 23.3. The standard InChI is InChI=1S/C21H29N5O5S/c1-15-11-16(2)19(17(3)12-15)32(29,30)26-9-10-31-18(26)13-24-21(28)20(27)23-5-4-7-25-8-6-22-14-25/h6,8,11-12,14,18H,4-5,7,9-10,13H2,1-3H3,(H,23,27)(H,24,28)/t18-/m0/s1. The summed E-state index contributed by atoms with van der Waals surface area (Å²) in [5.41, 5.74) is 2.30. The molecule has 32 heavy (non-hydrogen) atoms. The Labute approximate surface area is 188 Å². The van der Waals surface area contributed by atoms with Gasteiger partial charge in [0, 0.05) is 32.0 Å². The van der Waals surface area contributed by atoms with Gasteiger partial charge >= 0.3 is 11.8 Å². The molecule has 1 aromatic heterocycles. The molecule has 2 N–H and O–H groups in total. The second kappa shape index (κ2) is 10.2. The molecular formula is C21H29N5O5S. The second-order valence-electron chi connectivity index (χ2n) is 7.79. The van der Waals surface area contributed by atoms with Gasteiger partial charge in [0.1, 0.15) is 6.23 Å². The van der Waals surface area contributed by atoms with Gasteiger partial charge in [-0.1, -0.05) is 17.7 Å². The van der Waals surface area contributed by atoms with Crippen molar-refractivity contribution >= 4 is 21.8 Å². The van der Waals surface area contributed by atoms with Crippen LogP contribution in [0.3, 0.4) is 0 Å². The lowest BCUT2D eigenvalue weighted by Gasteiger charge is -2.24. The molecule has 0 aliphatic carbocycles. The summed E-state index contributed by atoms with van der Waals surface area (Å²) in [5, 5.41) is 5.02. The van der Waals surface area contributed by atoms with Crippen molar-refractivity contribution in [2.24, 2.45) is 0 Å². The Balaban J connectivity index is 1.54. The van der Waals surface area contributed by atoms with Crippen LogP contribution in [0.5, 0.6) is 0 Å².